The lowest BCUT2D eigenvalue weighted by Gasteiger charge is -2.19. The fourth-order valence-electron chi connectivity index (χ4n) is 3.34. The second-order valence-corrected chi connectivity index (χ2v) is 9.15. The fourth-order valence-corrected chi connectivity index (χ4v) is 4.09. The molecule has 6 nitrogen and oxygen atoms in total. The van der Waals surface area contributed by atoms with Crippen molar-refractivity contribution in [2.24, 2.45) is 5.11 Å². The second-order valence-electron chi connectivity index (χ2n) is 7.59. The Labute approximate surface area is 180 Å². The van der Waals surface area contributed by atoms with Gasteiger partial charge in [0.25, 0.3) is 5.56 Å². The molecule has 1 unspecified atom stereocenters. The zero-order valence-corrected chi connectivity index (χ0v) is 18.4. The molecule has 0 saturated carbocycles. The van der Waals surface area contributed by atoms with Crippen LogP contribution in [0.4, 0.5) is 0 Å². The Morgan fingerprint density at radius 2 is 1.63 bits per heavy atom. The number of hydrogen-bond acceptors (Lipinski definition) is 4. The Morgan fingerprint density at radius 1 is 1.00 bits per heavy atom. The third kappa shape index (κ3) is 4.93. The SMILES string of the molecule is CC(C)Sc1nc(C(N=[N+]=[N-])c2ccc(-c3ccccc3)cc2)c(C(C)C)c(=O)[nH]1. The monoisotopic (exact) mass is 419 g/mol. The summed E-state index contributed by atoms with van der Waals surface area (Å²) in [5, 5.41) is 4.82. The summed E-state index contributed by atoms with van der Waals surface area (Å²) in [7, 11) is 0. The largest absolute Gasteiger partial charge is 0.301 e. The summed E-state index contributed by atoms with van der Waals surface area (Å²) >= 11 is 1.48. The molecule has 1 heterocycles. The highest BCUT2D eigenvalue weighted by Crippen LogP contribution is 2.32. The van der Waals surface area contributed by atoms with Crippen molar-refractivity contribution in [2.45, 2.75) is 50.1 Å². The molecule has 1 atom stereocenters. The number of aromatic amines is 1. The van der Waals surface area contributed by atoms with Gasteiger partial charge in [-0.1, -0.05) is 99.2 Å². The average molecular weight is 420 g/mol. The van der Waals surface area contributed by atoms with Gasteiger partial charge in [0.15, 0.2) is 5.16 Å². The first-order valence-electron chi connectivity index (χ1n) is 9.91. The minimum atomic E-state index is -0.675. The molecule has 1 N–H and O–H groups in total. The first-order valence-corrected chi connectivity index (χ1v) is 10.8. The number of nitrogens with one attached hydrogen (secondary N) is 1. The first kappa shape index (κ1) is 21.7. The van der Waals surface area contributed by atoms with E-state index in [0.717, 1.165) is 16.7 Å². The van der Waals surface area contributed by atoms with Crippen LogP contribution in [0.15, 0.2) is 69.7 Å². The zero-order valence-electron chi connectivity index (χ0n) is 17.5. The smallest absolute Gasteiger partial charge is 0.255 e. The van der Waals surface area contributed by atoms with Gasteiger partial charge in [-0.05, 0) is 28.1 Å². The Morgan fingerprint density at radius 3 is 2.20 bits per heavy atom. The number of aromatic nitrogens is 2. The Bertz CT molecular complexity index is 1100. The molecule has 1 aromatic heterocycles. The number of benzene rings is 2. The molecular formula is C23H25N5OS. The minimum Gasteiger partial charge on any atom is -0.301 e. The van der Waals surface area contributed by atoms with Gasteiger partial charge in [-0.2, -0.15) is 0 Å². The highest BCUT2D eigenvalue weighted by atomic mass is 32.2. The van der Waals surface area contributed by atoms with Gasteiger partial charge in [-0.3, -0.25) is 4.79 Å². The summed E-state index contributed by atoms with van der Waals surface area (Å²) < 4.78 is 0. The summed E-state index contributed by atoms with van der Waals surface area (Å²) in [5.74, 6) is -0.0608. The number of rotatable bonds is 7. The van der Waals surface area contributed by atoms with Crippen LogP contribution in [0.1, 0.15) is 56.5 Å². The maximum atomic E-state index is 12.8. The van der Waals surface area contributed by atoms with Crippen LogP contribution < -0.4 is 5.56 Å². The molecule has 3 aromatic rings. The molecule has 0 bridgehead atoms. The van der Waals surface area contributed by atoms with Crippen molar-refractivity contribution in [1.82, 2.24) is 9.97 Å². The van der Waals surface area contributed by atoms with Gasteiger partial charge in [0.2, 0.25) is 0 Å². The van der Waals surface area contributed by atoms with Crippen LogP contribution in [0.25, 0.3) is 21.6 Å². The van der Waals surface area contributed by atoms with E-state index < -0.39 is 6.04 Å². The third-order valence-electron chi connectivity index (χ3n) is 4.65. The fraction of sp³-hybridized carbons (Fsp3) is 0.304. The van der Waals surface area contributed by atoms with Crippen molar-refractivity contribution in [2.75, 3.05) is 0 Å². The standard InChI is InChI=1S/C23H25N5OS/c1-14(2)19-21(25-23(26-22(19)29)30-15(3)4)20(27-28-24)18-12-10-17(11-13-18)16-8-6-5-7-9-16/h5-15,20H,1-4H3,(H,25,26,29). The van der Waals surface area contributed by atoms with E-state index in [1.54, 1.807) is 0 Å². The summed E-state index contributed by atoms with van der Waals surface area (Å²) in [6.45, 7) is 7.95. The molecule has 3 rings (SSSR count). The van der Waals surface area contributed by atoms with Gasteiger partial charge in [0.1, 0.15) is 6.04 Å². The summed E-state index contributed by atoms with van der Waals surface area (Å²) in [6, 6.07) is 17.2. The molecule has 0 amide bonds. The van der Waals surface area contributed by atoms with E-state index in [2.05, 4.69) is 15.0 Å². The van der Waals surface area contributed by atoms with Crippen molar-refractivity contribution in [1.29, 1.82) is 0 Å². The molecular weight excluding hydrogens is 394 g/mol. The molecule has 0 saturated heterocycles. The van der Waals surface area contributed by atoms with Crippen LogP contribution in [0.5, 0.6) is 0 Å². The molecule has 7 heteroatoms. The summed E-state index contributed by atoms with van der Waals surface area (Å²) in [5.41, 5.74) is 13.1. The first-order chi connectivity index (χ1) is 14.4. The number of azide groups is 1. The predicted octanol–water partition coefficient (Wildman–Crippen LogP) is 6.46. The maximum Gasteiger partial charge on any atom is 0.255 e. The van der Waals surface area contributed by atoms with E-state index in [9.17, 15) is 10.3 Å². The predicted molar refractivity (Wildman–Crippen MR) is 123 cm³/mol. The van der Waals surface area contributed by atoms with Crippen molar-refractivity contribution >= 4 is 11.8 Å². The second kappa shape index (κ2) is 9.65. The Hall–Kier alpha value is -3.02. The average Bonchev–Trinajstić information content (AvgIpc) is 2.71. The molecule has 0 aliphatic heterocycles. The Kier molecular flexibility index (Phi) is 6.98. The molecule has 0 aliphatic carbocycles. The molecule has 30 heavy (non-hydrogen) atoms. The molecule has 0 spiro atoms. The topological polar surface area (TPSA) is 94.5 Å². The number of nitrogens with zero attached hydrogens (tertiary/aromatic N) is 4. The summed E-state index contributed by atoms with van der Waals surface area (Å²) in [4.78, 5) is 23.5. The van der Waals surface area contributed by atoms with Gasteiger partial charge in [0.05, 0.1) is 5.69 Å². The van der Waals surface area contributed by atoms with Gasteiger partial charge in [0, 0.05) is 15.7 Å². The van der Waals surface area contributed by atoms with Crippen molar-refractivity contribution in [3.8, 4) is 11.1 Å². The van der Waals surface area contributed by atoms with Crippen molar-refractivity contribution < 1.29 is 0 Å². The summed E-state index contributed by atoms with van der Waals surface area (Å²) in [6.07, 6.45) is 0. The number of hydrogen-bond donors (Lipinski definition) is 1. The lowest BCUT2D eigenvalue weighted by Crippen LogP contribution is -2.22. The third-order valence-corrected chi connectivity index (χ3v) is 5.54. The van der Waals surface area contributed by atoms with Crippen LogP contribution >= 0.6 is 11.8 Å². The molecule has 0 radical (unpaired) electrons. The van der Waals surface area contributed by atoms with Crippen LogP contribution in [0, 0.1) is 0 Å². The highest BCUT2D eigenvalue weighted by molar-refractivity contribution is 7.99. The van der Waals surface area contributed by atoms with E-state index in [1.807, 2.05) is 82.3 Å². The number of thioether (sulfide) groups is 1. The van der Waals surface area contributed by atoms with E-state index in [4.69, 9.17) is 4.98 Å². The molecule has 2 aromatic carbocycles. The molecule has 154 valence electrons. The minimum absolute atomic E-state index is 0.0608. The lowest BCUT2D eigenvalue weighted by molar-refractivity contribution is 0.706. The molecule has 0 fully saturated rings. The van der Waals surface area contributed by atoms with E-state index in [-0.39, 0.29) is 16.7 Å². The van der Waals surface area contributed by atoms with Crippen LogP contribution in [-0.4, -0.2) is 15.2 Å². The van der Waals surface area contributed by atoms with Gasteiger partial charge in [-0.15, -0.1) is 0 Å². The van der Waals surface area contributed by atoms with Gasteiger partial charge < -0.3 is 4.98 Å². The quantitative estimate of drug-likeness (QED) is 0.156. The normalized spacial score (nSPS) is 12.1. The lowest BCUT2D eigenvalue weighted by atomic mass is 9.94. The highest BCUT2D eigenvalue weighted by Gasteiger charge is 2.24. The maximum absolute atomic E-state index is 12.8. The van der Waals surface area contributed by atoms with Crippen LogP contribution in [-0.2, 0) is 0 Å². The van der Waals surface area contributed by atoms with Crippen molar-refractivity contribution in [3.05, 3.63) is 92.2 Å². The Balaban J connectivity index is 2.11. The van der Waals surface area contributed by atoms with Gasteiger partial charge in [-0.25, -0.2) is 4.98 Å². The number of H-pyrrole nitrogens is 1. The zero-order chi connectivity index (χ0) is 21.7. The van der Waals surface area contributed by atoms with E-state index in [0.29, 0.717) is 16.4 Å². The van der Waals surface area contributed by atoms with Crippen molar-refractivity contribution in [3.63, 3.8) is 0 Å². The molecule has 0 aliphatic rings. The van der Waals surface area contributed by atoms with Crippen LogP contribution in [0.2, 0.25) is 0 Å². The van der Waals surface area contributed by atoms with Crippen LogP contribution in [0.3, 0.4) is 0 Å². The van der Waals surface area contributed by atoms with Gasteiger partial charge >= 0.3 is 0 Å². The van der Waals surface area contributed by atoms with E-state index in [1.165, 1.54) is 11.8 Å². The van der Waals surface area contributed by atoms with E-state index >= 15 is 0 Å².